The van der Waals surface area contributed by atoms with Crippen molar-refractivity contribution in [1.82, 2.24) is 5.32 Å². The van der Waals surface area contributed by atoms with Crippen LogP contribution in [-0.2, 0) is 16.8 Å². The van der Waals surface area contributed by atoms with Crippen LogP contribution in [0.3, 0.4) is 0 Å². The van der Waals surface area contributed by atoms with Crippen molar-refractivity contribution in [2.24, 2.45) is 5.92 Å². The summed E-state index contributed by atoms with van der Waals surface area (Å²) in [6.07, 6.45) is 4.12. The van der Waals surface area contributed by atoms with E-state index in [2.05, 4.69) is 17.4 Å². The van der Waals surface area contributed by atoms with Crippen LogP contribution in [0.5, 0.6) is 11.5 Å². The minimum Gasteiger partial charge on any atom is -0.490 e. The Kier molecular flexibility index (Phi) is 4.99. The average molecular weight is 333 g/mol. The van der Waals surface area contributed by atoms with E-state index in [1.54, 1.807) is 0 Å². The van der Waals surface area contributed by atoms with Gasteiger partial charge in [0.1, 0.15) is 0 Å². The number of carbonyl (C=O) groups is 1. The molecule has 0 saturated heterocycles. The van der Waals surface area contributed by atoms with E-state index >= 15 is 0 Å². The summed E-state index contributed by atoms with van der Waals surface area (Å²) >= 11 is 0. The van der Waals surface area contributed by atoms with Crippen LogP contribution in [-0.4, -0.2) is 30.8 Å². The average Bonchev–Trinajstić information content (AvgIpc) is 2.57. The Hall–Kier alpha value is -1.75. The van der Waals surface area contributed by atoms with Gasteiger partial charge in [-0.05, 0) is 69.2 Å². The summed E-state index contributed by atoms with van der Waals surface area (Å²) in [7, 11) is 0. The zero-order valence-corrected chi connectivity index (χ0v) is 14.6. The molecule has 0 bridgehead atoms. The maximum atomic E-state index is 11.3. The summed E-state index contributed by atoms with van der Waals surface area (Å²) in [6, 6.07) is 4.24. The molecule has 0 unspecified atom stereocenters. The number of nitrogens with one attached hydrogen (secondary N) is 1. The van der Waals surface area contributed by atoms with Crippen molar-refractivity contribution in [2.75, 3.05) is 19.8 Å². The number of carboxylic acids is 1. The lowest BCUT2D eigenvalue weighted by Gasteiger charge is -2.44. The molecule has 1 saturated carbocycles. The van der Waals surface area contributed by atoms with E-state index in [0.717, 1.165) is 50.1 Å². The predicted octanol–water partition coefficient (Wildman–Crippen LogP) is 3.10. The molecule has 1 fully saturated rings. The molecule has 0 amide bonds. The molecule has 1 aliphatic carbocycles. The van der Waals surface area contributed by atoms with Crippen molar-refractivity contribution in [1.29, 1.82) is 0 Å². The second-order valence-corrected chi connectivity index (χ2v) is 6.69. The quantitative estimate of drug-likeness (QED) is 0.867. The Morgan fingerprint density at radius 2 is 1.83 bits per heavy atom. The molecule has 24 heavy (non-hydrogen) atoms. The van der Waals surface area contributed by atoms with Crippen LogP contribution in [0.4, 0.5) is 0 Å². The lowest BCUT2D eigenvalue weighted by Crippen LogP contribution is -2.50. The first kappa shape index (κ1) is 17.1. The zero-order chi connectivity index (χ0) is 17.2. The number of hydrogen-bond donors (Lipinski definition) is 2. The summed E-state index contributed by atoms with van der Waals surface area (Å²) in [4.78, 5) is 11.3. The summed E-state index contributed by atoms with van der Waals surface area (Å²) in [5, 5.41) is 13.0. The molecule has 2 aliphatic rings. The number of ether oxygens (including phenoxy) is 2. The first-order valence-corrected chi connectivity index (χ1v) is 9.00. The predicted molar refractivity (Wildman–Crippen MR) is 91.8 cm³/mol. The highest BCUT2D eigenvalue weighted by Gasteiger charge is 2.41. The number of aliphatic carboxylic acids is 1. The molecular weight excluding hydrogens is 306 g/mol. The minimum atomic E-state index is -0.664. The Morgan fingerprint density at radius 3 is 2.42 bits per heavy atom. The number of carboxylic acid groups (broad SMARTS) is 1. The van der Waals surface area contributed by atoms with E-state index in [1.165, 1.54) is 11.1 Å². The van der Waals surface area contributed by atoms with E-state index in [9.17, 15) is 9.90 Å². The second kappa shape index (κ2) is 7.01. The molecule has 3 rings (SSSR count). The van der Waals surface area contributed by atoms with Crippen molar-refractivity contribution >= 4 is 5.97 Å². The molecule has 0 atom stereocenters. The third kappa shape index (κ3) is 3.09. The largest absolute Gasteiger partial charge is 0.490 e. The van der Waals surface area contributed by atoms with Crippen LogP contribution < -0.4 is 14.8 Å². The van der Waals surface area contributed by atoms with Gasteiger partial charge in [0, 0.05) is 12.1 Å². The molecular formula is C19H27NO4. The van der Waals surface area contributed by atoms with Crippen LogP contribution in [0.1, 0.15) is 50.7 Å². The standard InChI is InChI=1S/C19H27NO4/c1-3-23-16-11-14-7-10-20-19(15(14)12-17(16)24-4-2)8-5-13(6-9-19)18(21)22/h11-13,20H,3-10H2,1-2H3,(H,21,22). The molecule has 1 heterocycles. The normalized spacial score (nSPS) is 26.0. The minimum absolute atomic E-state index is 0.115. The van der Waals surface area contributed by atoms with Gasteiger partial charge in [0.2, 0.25) is 0 Å². The van der Waals surface area contributed by atoms with Crippen molar-refractivity contribution < 1.29 is 19.4 Å². The number of fused-ring (bicyclic) bond motifs is 2. The van der Waals surface area contributed by atoms with Crippen LogP contribution in [0, 0.1) is 5.92 Å². The van der Waals surface area contributed by atoms with Gasteiger partial charge in [0.15, 0.2) is 11.5 Å². The van der Waals surface area contributed by atoms with Gasteiger partial charge in [-0.2, -0.15) is 0 Å². The molecule has 0 aromatic heterocycles. The number of benzene rings is 1. The van der Waals surface area contributed by atoms with Gasteiger partial charge in [-0.1, -0.05) is 0 Å². The van der Waals surface area contributed by atoms with Crippen LogP contribution in [0.2, 0.25) is 0 Å². The van der Waals surface area contributed by atoms with Gasteiger partial charge < -0.3 is 19.9 Å². The molecule has 5 heteroatoms. The number of rotatable bonds is 5. The Labute approximate surface area is 143 Å². The lowest BCUT2D eigenvalue weighted by molar-refractivity contribution is -0.143. The summed E-state index contributed by atoms with van der Waals surface area (Å²) in [5.74, 6) is 0.732. The fraction of sp³-hybridized carbons (Fsp3) is 0.632. The Morgan fingerprint density at radius 1 is 1.21 bits per heavy atom. The smallest absolute Gasteiger partial charge is 0.306 e. The number of hydrogen-bond acceptors (Lipinski definition) is 4. The molecule has 1 spiro atoms. The molecule has 0 radical (unpaired) electrons. The van der Waals surface area contributed by atoms with E-state index in [0.29, 0.717) is 13.2 Å². The van der Waals surface area contributed by atoms with Crippen LogP contribution in [0.15, 0.2) is 12.1 Å². The van der Waals surface area contributed by atoms with Gasteiger partial charge >= 0.3 is 5.97 Å². The van der Waals surface area contributed by atoms with E-state index in [4.69, 9.17) is 9.47 Å². The van der Waals surface area contributed by atoms with Crippen molar-refractivity contribution in [2.45, 2.75) is 51.5 Å². The summed E-state index contributed by atoms with van der Waals surface area (Å²) < 4.78 is 11.6. The molecule has 1 aromatic carbocycles. The van der Waals surface area contributed by atoms with Crippen LogP contribution in [0.25, 0.3) is 0 Å². The highest BCUT2D eigenvalue weighted by atomic mass is 16.5. The third-order valence-corrected chi connectivity index (χ3v) is 5.33. The molecule has 132 valence electrons. The monoisotopic (exact) mass is 333 g/mol. The molecule has 2 N–H and O–H groups in total. The first-order valence-electron chi connectivity index (χ1n) is 9.00. The maximum Gasteiger partial charge on any atom is 0.306 e. The molecule has 1 aromatic rings. The fourth-order valence-corrected chi connectivity index (χ4v) is 4.13. The summed E-state index contributed by atoms with van der Waals surface area (Å²) in [5.41, 5.74) is 2.45. The third-order valence-electron chi connectivity index (χ3n) is 5.33. The van der Waals surface area contributed by atoms with Crippen molar-refractivity contribution in [3.05, 3.63) is 23.3 Å². The maximum absolute atomic E-state index is 11.3. The Balaban J connectivity index is 1.94. The van der Waals surface area contributed by atoms with Gasteiger partial charge in [-0.15, -0.1) is 0 Å². The lowest BCUT2D eigenvalue weighted by atomic mass is 9.69. The van der Waals surface area contributed by atoms with E-state index in [1.807, 2.05) is 13.8 Å². The first-order chi connectivity index (χ1) is 11.6. The Bertz CT molecular complexity index is 606. The van der Waals surface area contributed by atoms with Gasteiger partial charge in [-0.3, -0.25) is 4.79 Å². The van der Waals surface area contributed by atoms with Crippen molar-refractivity contribution in [3.63, 3.8) is 0 Å². The second-order valence-electron chi connectivity index (χ2n) is 6.69. The van der Waals surface area contributed by atoms with E-state index in [-0.39, 0.29) is 11.5 Å². The van der Waals surface area contributed by atoms with Crippen LogP contribution >= 0.6 is 0 Å². The van der Waals surface area contributed by atoms with Gasteiger partial charge in [-0.25, -0.2) is 0 Å². The van der Waals surface area contributed by atoms with Crippen molar-refractivity contribution in [3.8, 4) is 11.5 Å². The molecule has 1 aliphatic heterocycles. The SMILES string of the molecule is CCOc1cc2c(cc1OCC)C1(CCC(C(=O)O)CC1)NCC2. The highest BCUT2D eigenvalue weighted by Crippen LogP contribution is 2.45. The fourth-order valence-electron chi connectivity index (χ4n) is 4.13. The topological polar surface area (TPSA) is 67.8 Å². The zero-order valence-electron chi connectivity index (χ0n) is 14.6. The van der Waals surface area contributed by atoms with E-state index < -0.39 is 5.97 Å². The van der Waals surface area contributed by atoms with Gasteiger partial charge in [0.25, 0.3) is 0 Å². The molecule has 5 nitrogen and oxygen atoms in total. The highest BCUT2D eigenvalue weighted by molar-refractivity contribution is 5.70. The summed E-state index contributed by atoms with van der Waals surface area (Å²) in [6.45, 7) is 6.08. The van der Waals surface area contributed by atoms with Gasteiger partial charge in [0.05, 0.1) is 19.1 Å².